The minimum atomic E-state index is -0.290. The van der Waals surface area contributed by atoms with E-state index in [-0.39, 0.29) is 16.2 Å². The molecule has 0 fully saturated rings. The van der Waals surface area contributed by atoms with Crippen LogP contribution in [0.2, 0.25) is 0 Å². The molecule has 6 heterocycles. The molecule has 0 saturated heterocycles. The van der Waals surface area contributed by atoms with Crippen LogP contribution in [0, 0.1) is 0 Å². The smallest absolute Gasteiger partial charge is 0.234 e. The Morgan fingerprint density at radius 3 is 1.17 bits per heavy atom. The van der Waals surface area contributed by atoms with E-state index in [1.807, 2.05) is 61.2 Å². The molecule has 6 aromatic carbocycles. The van der Waals surface area contributed by atoms with Crippen molar-refractivity contribution in [3.8, 4) is 40.6 Å². The SMILES string of the molecule is CC(C)(C)c1cnc(-n2c3cc(Oc4ccc5c6ccccc6n(-c6ccccn6)c5c4)c(C(C)(C)C)cc3c3cc(C(C)(C)C)c(Oc4ccc5c6ccccc6n(-c6ccccn6)c5c4)cc32)nc1. The standard InChI is InChI=1S/C62H55N7O2/c1-60(2,3)38-36-65-59(66-37-38)69-53-34-55(70-39-24-26-43-41-18-10-12-20-49(41)67(51(43)30-39)57-22-14-16-28-63-57)47(61(4,5)6)32-45(53)46-33-48(62(7,8)9)56(35-54(46)69)71-40-25-27-44-42-19-11-13-21-50(42)68(52(44)31-40)58-23-15-17-29-64-58/h10-37H,1-9H3. The van der Waals surface area contributed by atoms with Gasteiger partial charge in [-0.3, -0.25) is 13.7 Å². The van der Waals surface area contributed by atoms with Gasteiger partial charge in [-0.1, -0.05) is 111 Å². The van der Waals surface area contributed by atoms with Crippen LogP contribution in [-0.2, 0) is 16.2 Å². The van der Waals surface area contributed by atoms with Gasteiger partial charge in [0, 0.05) is 92.5 Å². The number of pyridine rings is 2. The first kappa shape index (κ1) is 43.9. The molecule has 0 bridgehead atoms. The molecule has 12 aromatic rings. The van der Waals surface area contributed by atoms with Crippen LogP contribution in [0.15, 0.2) is 170 Å². The predicted octanol–water partition coefficient (Wildman–Crippen LogP) is 16.0. The van der Waals surface area contributed by atoms with E-state index < -0.39 is 0 Å². The number of rotatable bonds is 7. The van der Waals surface area contributed by atoms with Crippen molar-refractivity contribution in [2.75, 3.05) is 0 Å². The van der Waals surface area contributed by atoms with Crippen LogP contribution in [0.5, 0.6) is 23.0 Å². The van der Waals surface area contributed by atoms with Crippen molar-refractivity contribution in [1.82, 2.24) is 33.6 Å². The van der Waals surface area contributed by atoms with E-state index in [1.165, 1.54) is 0 Å². The first-order chi connectivity index (χ1) is 34.1. The van der Waals surface area contributed by atoms with Crippen LogP contribution >= 0.6 is 0 Å². The van der Waals surface area contributed by atoms with Gasteiger partial charge in [-0.2, -0.15) is 0 Å². The van der Waals surface area contributed by atoms with Gasteiger partial charge >= 0.3 is 0 Å². The van der Waals surface area contributed by atoms with E-state index in [2.05, 4.69) is 185 Å². The summed E-state index contributed by atoms with van der Waals surface area (Å²) in [5.41, 5.74) is 8.55. The molecule has 0 spiro atoms. The maximum atomic E-state index is 7.15. The van der Waals surface area contributed by atoms with Crippen LogP contribution in [0.25, 0.3) is 83.0 Å². The Labute approximate surface area is 413 Å². The summed E-state index contributed by atoms with van der Waals surface area (Å²) < 4.78 is 20.9. The molecule has 71 heavy (non-hydrogen) atoms. The van der Waals surface area contributed by atoms with Gasteiger partial charge in [0.15, 0.2) is 0 Å². The molecule has 0 radical (unpaired) electrons. The average Bonchev–Trinajstić information content (AvgIpc) is 3.97. The predicted molar refractivity (Wildman–Crippen MR) is 290 cm³/mol. The monoisotopic (exact) mass is 929 g/mol. The second-order valence-corrected chi connectivity index (χ2v) is 21.7. The molecule has 0 saturated carbocycles. The fourth-order valence-electron chi connectivity index (χ4n) is 10.2. The number of fused-ring (bicyclic) bond motifs is 9. The highest BCUT2D eigenvalue weighted by Crippen LogP contribution is 2.46. The number of hydrogen-bond donors (Lipinski definition) is 0. The third kappa shape index (κ3) is 7.46. The molecule has 12 rings (SSSR count). The van der Waals surface area contributed by atoms with Gasteiger partial charge in [-0.05, 0) is 94.6 Å². The Morgan fingerprint density at radius 2 is 0.761 bits per heavy atom. The second-order valence-electron chi connectivity index (χ2n) is 21.7. The van der Waals surface area contributed by atoms with Crippen LogP contribution in [-0.4, -0.2) is 33.6 Å². The minimum absolute atomic E-state index is 0.128. The molecule has 0 N–H and O–H groups in total. The van der Waals surface area contributed by atoms with Gasteiger partial charge in [0.1, 0.15) is 34.6 Å². The third-order valence-corrected chi connectivity index (χ3v) is 13.8. The highest BCUT2D eigenvalue weighted by atomic mass is 16.5. The van der Waals surface area contributed by atoms with Gasteiger partial charge in [-0.15, -0.1) is 0 Å². The fraction of sp³-hybridized carbons (Fsp3) is 0.194. The van der Waals surface area contributed by atoms with Gasteiger partial charge in [-0.25, -0.2) is 19.9 Å². The minimum Gasteiger partial charge on any atom is -0.457 e. The number of hydrogen-bond acceptors (Lipinski definition) is 6. The third-order valence-electron chi connectivity index (χ3n) is 13.8. The lowest BCUT2D eigenvalue weighted by Crippen LogP contribution is -2.14. The van der Waals surface area contributed by atoms with Crippen molar-refractivity contribution in [2.45, 2.75) is 78.6 Å². The van der Waals surface area contributed by atoms with Crippen LogP contribution in [0.4, 0.5) is 0 Å². The topological polar surface area (TPSA) is 84.8 Å². The maximum absolute atomic E-state index is 7.15. The summed E-state index contributed by atoms with van der Waals surface area (Å²) in [6.45, 7) is 20.0. The van der Waals surface area contributed by atoms with E-state index >= 15 is 0 Å². The van der Waals surface area contributed by atoms with Crippen LogP contribution in [0.1, 0.15) is 79.0 Å². The molecular formula is C62H55N7O2. The molecule has 6 aromatic heterocycles. The Morgan fingerprint density at radius 1 is 0.352 bits per heavy atom. The largest absolute Gasteiger partial charge is 0.457 e. The molecule has 350 valence electrons. The van der Waals surface area contributed by atoms with E-state index in [0.717, 1.165) is 117 Å². The Balaban J connectivity index is 1.07. The summed E-state index contributed by atoms with van der Waals surface area (Å²) in [5, 5.41) is 6.72. The van der Waals surface area contributed by atoms with E-state index in [1.54, 1.807) is 0 Å². The Hall–Kier alpha value is -8.30. The Bertz CT molecular complexity index is 3800. The number of nitrogens with zero attached hydrogens (tertiary/aromatic N) is 7. The summed E-state index contributed by atoms with van der Waals surface area (Å²) in [7, 11) is 0. The summed E-state index contributed by atoms with van der Waals surface area (Å²) in [4.78, 5) is 19.7. The first-order valence-electron chi connectivity index (χ1n) is 24.4. The van der Waals surface area contributed by atoms with Crippen molar-refractivity contribution < 1.29 is 9.47 Å². The number of para-hydroxylation sites is 2. The highest BCUT2D eigenvalue weighted by molar-refractivity contribution is 6.12. The van der Waals surface area contributed by atoms with Gasteiger partial charge in [0.25, 0.3) is 0 Å². The van der Waals surface area contributed by atoms with Crippen molar-refractivity contribution in [3.05, 3.63) is 187 Å². The van der Waals surface area contributed by atoms with Crippen molar-refractivity contribution >= 4 is 65.4 Å². The zero-order chi connectivity index (χ0) is 49.0. The van der Waals surface area contributed by atoms with E-state index in [4.69, 9.17) is 29.4 Å². The zero-order valence-corrected chi connectivity index (χ0v) is 41.6. The molecule has 0 atom stereocenters. The average molecular weight is 930 g/mol. The quantitative estimate of drug-likeness (QED) is 0.158. The highest BCUT2D eigenvalue weighted by Gasteiger charge is 2.29. The number of aromatic nitrogens is 7. The summed E-state index contributed by atoms with van der Waals surface area (Å²) in [5.74, 6) is 5.21. The number of ether oxygens (including phenoxy) is 2. The van der Waals surface area contributed by atoms with Gasteiger partial charge < -0.3 is 9.47 Å². The van der Waals surface area contributed by atoms with Crippen molar-refractivity contribution in [3.63, 3.8) is 0 Å². The lowest BCUT2D eigenvalue weighted by atomic mass is 9.84. The molecule has 0 aliphatic carbocycles. The van der Waals surface area contributed by atoms with E-state index in [9.17, 15) is 0 Å². The molecule has 0 unspecified atom stereocenters. The van der Waals surface area contributed by atoms with Crippen molar-refractivity contribution in [1.29, 1.82) is 0 Å². The van der Waals surface area contributed by atoms with E-state index in [0.29, 0.717) is 5.95 Å². The molecule has 9 heteroatoms. The van der Waals surface area contributed by atoms with Crippen LogP contribution in [0.3, 0.4) is 0 Å². The molecule has 0 aliphatic heterocycles. The maximum Gasteiger partial charge on any atom is 0.234 e. The lowest BCUT2D eigenvalue weighted by Gasteiger charge is -2.24. The van der Waals surface area contributed by atoms with Crippen LogP contribution < -0.4 is 9.47 Å². The number of benzene rings is 6. The first-order valence-corrected chi connectivity index (χ1v) is 24.4. The summed E-state index contributed by atoms with van der Waals surface area (Å²) in [6.07, 6.45) is 7.58. The molecular weight excluding hydrogens is 875 g/mol. The normalized spacial score (nSPS) is 12.6. The molecule has 9 nitrogen and oxygen atoms in total. The molecule has 0 amide bonds. The molecule has 0 aliphatic rings. The second kappa shape index (κ2) is 16.1. The van der Waals surface area contributed by atoms with Crippen molar-refractivity contribution in [2.24, 2.45) is 0 Å². The lowest BCUT2D eigenvalue weighted by molar-refractivity contribution is 0.456. The van der Waals surface area contributed by atoms with Gasteiger partial charge in [0.05, 0.1) is 33.1 Å². The zero-order valence-electron chi connectivity index (χ0n) is 41.6. The fourth-order valence-corrected chi connectivity index (χ4v) is 10.2. The summed E-state index contributed by atoms with van der Waals surface area (Å²) >= 11 is 0. The summed E-state index contributed by atoms with van der Waals surface area (Å²) in [6, 6.07) is 50.7. The van der Waals surface area contributed by atoms with Gasteiger partial charge in [0.2, 0.25) is 5.95 Å². The Kier molecular flexibility index (Phi) is 9.99.